The number of hydrogen-bond acceptors (Lipinski definition) is 3. The van der Waals surface area contributed by atoms with Crippen molar-refractivity contribution in [2.24, 2.45) is 0 Å². The van der Waals surface area contributed by atoms with Crippen LogP contribution in [0.4, 0.5) is 0 Å². The van der Waals surface area contributed by atoms with E-state index in [4.69, 9.17) is 4.74 Å². The molecule has 0 unspecified atom stereocenters. The smallest absolute Gasteiger partial charge is 0.266 e. The molecule has 112 valence electrons. The summed E-state index contributed by atoms with van der Waals surface area (Å²) in [7, 11) is 0. The van der Waals surface area contributed by atoms with Crippen molar-refractivity contribution < 1.29 is 4.74 Å². The molecule has 3 rings (SSSR count). The second-order valence-corrected chi connectivity index (χ2v) is 5.73. The van der Waals surface area contributed by atoms with E-state index in [0.29, 0.717) is 5.56 Å². The number of ether oxygens (including phenoxy) is 1. The molecule has 0 bridgehead atoms. The Bertz CT molecular complexity index is 780. The van der Waals surface area contributed by atoms with Gasteiger partial charge in [-0.3, -0.25) is 4.79 Å². The fourth-order valence-corrected chi connectivity index (χ4v) is 2.96. The Kier molecular flexibility index (Phi) is 3.97. The molecule has 4 nitrogen and oxygen atoms in total. The molecule has 0 aliphatic heterocycles. The maximum absolute atomic E-state index is 11.9. The summed E-state index contributed by atoms with van der Waals surface area (Å²) in [6.07, 6.45) is 4.91. The number of aromatic amines is 1. The summed E-state index contributed by atoms with van der Waals surface area (Å²) < 4.78 is 6.00. The molecule has 0 amide bonds. The van der Waals surface area contributed by atoms with Crippen LogP contribution in [0.2, 0.25) is 0 Å². The van der Waals surface area contributed by atoms with Crippen LogP contribution in [0.5, 0.6) is 5.75 Å². The van der Waals surface area contributed by atoms with Crippen LogP contribution in [0.1, 0.15) is 36.9 Å². The van der Waals surface area contributed by atoms with Gasteiger partial charge in [0.25, 0.3) is 5.56 Å². The summed E-state index contributed by atoms with van der Waals surface area (Å²) >= 11 is 0. The van der Waals surface area contributed by atoms with Gasteiger partial charge >= 0.3 is 0 Å². The number of rotatable bonds is 3. The van der Waals surface area contributed by atoms with E-state index in [0.717, 1.165) is 29.8 Å². The highest BCUT2D eigenvalue weighted by atomic mass is 16.5. The minimum atomic E-state index is -0.348. The van der Waals surface area contributed by atoms with Crippen LogP contribution in [-0.2, 0) is 0 Å². The second-order valence-electron chi connectivity index (χ2n) is 5.73. The quantitative estimate of drug-likeness (QED) is 0.941. The van der Waals surface area contributed by atoms with E-state index < -0.39 is 0 Å². The van der Waals surface area contributed by atoms with Gasteiger partial charge in [0.2, 0.25) is 0 Å². The average molecular weight is 294 g/mol. The van der Waals surface area contributed by atoms with Crippen molar-refractivity contribution in [1.29, 1.82) is 5.26 Å². The predicted molar refractivity (Wildman–Crippen MR) is 84.8 cm³/mol. The van der Waals surface area contributed by atoms with Gasteiger partial charge in [-0.25, -0.2) is 0 Å². The summed E-state index contributed by atoms with van der Waals surface area (Å²) in [5, 5.41) is 9.25. The monoisotopic (exact) mass is 294 g/mol. The van der Waals surface area contributed by atoms with Crippen molar-refractivity contribution >= 4 is 0 Å². The SMILES string of the molecule is Cc1cc(-c2cccc(OC3CCCC3)c2)c(C#N)c(=O)[nH]1. The zero-order chi connectivity index (χ0) is 15.5. The molecule has 4 heteroatoms. The van der Waals surface area contributed by atoms with Crippen molar-refractivity contribution in [2.75, 3.05) is 0 Å². The summed E-state index contributed by atoms with van der Waals surface area (Å²) in [4.78, 5) is 14.6. The van der Waals surface area contributed by atoms with Crippen LogP contribution in [-0.4, -0.2) is 11.1 Å². The first-order valence-electron chi connectivity index (χ1n) is 7.58. The lowest BCUT2D eigenvalue weighted by Gasteiger charge is -2.14. The molecule has 1 aliphatic carbocycles. The van der Waals surface area contributed by atoms with Gasteiger partial charge in [0.05, 0.1) is 6.10 Å². The van der Waals surface area contributed by atoms with Crippen LogP contribution >= 0.6 is 0 Å². The lowest BCUT2D eigenvalue weighted by Crippen LogP contribution is -2.13. The Hall–Kier alpha value is -2.54. The summed E-state index contributed by atoms with van der Waals surface area (Å²) in [5.41, 5.74) is 2.02. The van der Waals surface area contributed by atoms with E-state index in [-0.39, 0.29) is 17.2 Å². The number of aryl methyl sites for hydroxylation is 1. The average Bonchev–Trinajstić information content (AvgIpc) is 3.00. The zero-order valence-corrected chi connectivity index (χ0v) is 12.6. The van der Waals surface area contributed by atoms with Crippen LogP contribution in [0.3, 0.4) is 0 Å². The van der Waals surface area contributed by atoms with Gasteiger partial charge in [0, 0.05) is 11.3 Å². The number of H-pyrrole nitrogens is 1. The highest BCUT2D eigenvalue weighted by Crippen LogP contribution is 2.29. The number of aromatic nitrogens is 1. The third-order valence-electron chi connectivity index (χ3n) is 4.03. The summed E-state index contributed by atoms with van der Waals surface area (Å²) in [6.45, 7) is 1.81. The van der Waals surface area contributed by atoms with Crippen molar-refractivity contribution in [3.8, 4) is 22.9 Å². The van der Waals surface area contributed by atoms with E-state index in [1.54, 1.807) is 0 Å². The third kappa shape index (κ3) is 2.89. The first kappa shape index (κ1) is 14.4. The normalized spacial score (nSPS) is 14.7. The molecule has 0 spiro atoms. The van der Waals surface area contributed by atoms with Gasteiger partial charge in [-0.05, 0) is 56.4 Å². The number of benzene rings is 1. The molecule has 0 atom stereocenters. The fourth-order valence-electron chi connectivity index (χ4n) is 2.96. The number of pyridine rings is 1. The molecule has 1 N–H and O–H groups in total. The van der Waals surface area contributed by atoms with Gasteiger partial charge < -0.3 is 9.72 Å². The molecule has 1 aliphatic rings. The number of nitrogens with one attached hydrogen (secondary N) is 1. The highest BCUT2D eigenvalue weighted by molar-refractivity contribution is 5.71. The molecule has 22 heavy (non-hydrogen) atoms. The van der Waals surface area contributed by atoms with Gasteiger partial charge in [0.1, 0.15) is 17.4 Å². The Balaban J connectivity index is 1.99. The van der Waals surface area contributed by atoms with Crippen molar-refractivity contribution in [1.82, 2.24) is 4.98 Å². The Morgan fingerprint density at radius 2 is 2.05 bits per heavy atom. The van der Waals surface area contributed by atoms with Crippen LogP contribution < -0.4 is 10.3 Å². The van der Waals surface area contributed by atoms with Crippen LogP contribution in [0.25, 0.3) is 11.1 Å². The molecule has 1 heterocycles. The van der Waals surface area contributed by atoms with Crippen LogP contribution in [0, 0.1) is 18.3 Å². The first-order chi connectivity index (χ1) is 10.7. The van der Waals surface area contributed by atoms with E-state index in [2.05, 4.69) is 4.98 Å². The van der Waals surface area contributed by atoms with E-state index in [9.17, 15) is 10.1 Å². The summed E-state index contributed by atoms with van der Waals surface area (Å²) in [6, 6.07) is 11.5. The standard InChI is InChI=1S/C18H18N2O2/c1-12-9-16(17(11-19)18(21)20-12)13-5-4-8-15(10-13)22-14-6-2-3-7-14/h4-5,8-10,14H,2-3,6-7H2,1H3,(H,20,21). The number of nitriles is 1. The summed E-state index contributed by atoms with van der Waals surface area (Å²) in [5.74, 6) is 0.797. The minimum absolute atomic E-state index is 0.142. The zero-order valence-electron chi connectivity index (χ0n) is 12.6. The molecule has 0 saturated heterocycles. The first-order valence-corrected chi connectivity index (χ1v) is 7.58. The van der Waals surface area contributed by atoms with Crippen molar-refractivity contribution in [3.05, 3.63) is 51.9 Å². The second kappa shape index (κ2) is 6.07. The van der Waals surface area contributed by atoms with Gasteiger partial charge in [-0.2, -0.15) is 5.26 Å². The van der Waals surface area contributed by atoms with Gasteiger partial charge in [0.15, 0.2) is 0 Å². The van der Waals surface area contributed by atoms with Crippen molar-refractivity contribution in [2.45, 2.75) is 38.7 Å². The Morgan fingerprint density at radius 3 is 2.77 bits per heavy atom. The predicted octanol–water partition coefficient (Wildman–Crippen LogP) is 3.54. The third-order valence-corrected chi connectivity index (χ3v) is 4.03. The molecule has 2 aromatic rings. The molecule has 1 fully saturated rings. The Morgan fingerprint density at radius 1 is 1.27 bits per heavy atom. The molecular formula is C18H18N2O2. The number of hydrogen-bond donors (Lipinski definition) is 1. The topological polar surface area (TPSA) is 65.9 Å². The minimum Gasteiger partial charge on any atom is -0.490 e. The molecule has 0 radical (unpaired) electrons. The molecular weight excluding hydrogens is 276 g/mol. The van der Waals surface area contributed by atoms with Crippen molar-refractivity contribution in [3.63, 3.8) is 0 Å². The highest BCUT2D eigenvalue weighted by Gasteiger charge is 2.17. The molecule has 1 aromatic heterocycles. The molecule has 1 aromatic carbocycles. The van der Waals surface area contributed by atoms with E-state index >= 15 is 0 Å². The van der Waals surface area contributed by atoms with Crippen LogP contribution in [0.15, 0.2) is 35.1 Å². The van der Waals surface area contributed by atoms with E-state index in [1.165, 1.54) is 12.8 Å². The lowest BCUT2D eigenvalue weighted by atomic mass is 10.0. The van der Waals surface area contributed by atoms with Gasteiger partial charge in [-0.1, -0.05) is 12.1 Å². The molecule has 1 saturated carbocycles. The maximum Gasteiger partial charge on any atom is 0.266 e. The largest absolute Gasteiger partial charge is 0.490 e. The maximum atomic E-state index is 11.9. The van der Waals surface area contributed by atoms with Gasteiger partial charge in [-0.15, -0.1) is 0 Å². The number of nitrogens with zero attached hydrogens (tertiary/aromatic N) is 1. The fraction of sp³-hybridized carbons (Fsp3) is 0.333. The Labute approximate surface area is 129 Å². The lowest BCUT2D eigenvalue weighted by molar-refractivity contribution is 0.210. The van der Waals surface area contributed by atoms with E-state index in [1.807, 2.05) is 43.3 Å².